The molecule has 2 unspecified atom stereocenters. The minimum absolute atomic E-state index is 0.146. The fourth-order valence-corrected chi connectivity index (χ4v) is 9.83. The molecule has 480 valence electrons. The highest BCUT2D eigenvalue weighted by molar-refractivity contribution is 5.70. The number of quaternary nitrogens is 1. The number of nitrogens with zero attached hydrogens (tertiary/aromatic N) is 1. The molecule has 0 saturated carbocycles. The molecule has 0 aromatic rings. The molecule has 0 aromatic carbocycles. The number of esters is 2. The van der Waals surface area contributed by atoms with Crippen molar-refractivity contribution in [1.29, 1.82) is 0 Å². The van der Waals surface area contributed by atoms with Gasteiger partial charge in [0.15, 0.2) is 12.4 Å². The van der Waals surface area contributed by atoms with Crippen LogP contribution in [-0.2, 0) is 33.3 Å². The van der Waals surface area contributed by atoms with Gasteiger partial charge in [0.1, 0.15) is 13.2 Å². The van der Waals surface area contributed by atoms with Crippen molar-refractivity contribution in [1.82, 2.24) is 0 Å². The van der Waals surface area contributed by atoms with Crippen LogP contribution in [0.2, 0.25) is 0 Å². The van der Waals surface area contributed by atoms with Gasteiger partial charge in [-0.3, -0.25) is 9.59 Å². The molecule has 0 bridgehead atoms. The van der Waals surface area contributed by atoms with Crippen LogP contribution in [0.5, 0.6) is 0 Å². The van der Waals surface area contributed by atoms with Gasteiger partial charge >= 0.3 is 11.9 Å². The molecule has 0 rings (SSSR count). The average Bonchev–Trinajstić information content (AvgIpc) is 3.46. The second kappa shape index (κ2) is 64.5. The van der Waals surface area contributed by atoms with Crippen LogP contribution in [0.1, 0.15) is 309 Å². The summed E-state index contributed by atoms with van der Waals surface area (Å²) in [6.07, 6.45) is 83.9. The summed E-state index contributed by atoms with van der Waals surface area (Å²) in [5.74, 6) is -2.28. The molecule has 9 nitrogen and oxygen atoms in total. The Hall–Kier alpha value is -3.53. The predicted molar refractivity (Wildman–Crippen MR) is 352 cm³/mol. The van der Waals surface area contributed by atoms with E-state index in [1.165, 1.54) is 193 Å². The molecule has 0 N–H and O–H groups in total. The van der Waals surface area contributed by atoms with E-state index < -0.39 is 24.3 Å². The van der Waals surface area contributed by atoms with Crippen LogP contribution in [0.3, 0.4) is 0 Å². The maximum Gasteiger partial charge on any atom is 0.306 e. The van der Waals surface area contributed by atoms with E-state index in [1.807, 2.05) is 21.1 Å². The first kappa shape index (κ1) is 79.5. The van der Waals surface area contributed by atoms with Gasteiger partial charge in [0.2, 0.25) is 0 Å². The number of rotatable bonds is 64. The summed E-state index contributed by atoms with van der Waals surface area (Å²) in [5.41, 5.74) is 0. The molecule has 0 heterocycles. The lowest BCUT2D eigenvalue weighted by Gasteiger charge is -2.26. The number of ether oxygens (including phenoxy) is 4. The Kier molecular flexibility index (Phi) is 61.7. The lowest BCUT2D eigenvalue weighted by Crippen LogP contribution is -2.44. The fourth-order valence-electron chi connectivity index (χ4n) is 9.83. The first-order valence-corrected chi connectivity index (χ1v) is 34.7. The maximum atomic E-state index is 12.9. The second-order valence-corrected chi connectivity index (χ2v) is 24.4. The van der Waals surface area contributed by atoms with Gasteiger partial charge in [0, 0.05) is 12.8 Å². The molecule has 9 heteroatoms. The van der Waals surface area contributed by atoms with E-state index in [2.05, 4.69) is 98.9 Å². The molecule has 2 atom stereocenters. The van der Waals surface area contributed by atoms with Crippen molar-refractivity contribution in [2.45, 2.75) is 322 Å². The van der Waals surface area contributed by atoms with Gasteiger partial charge in [-0.25, -0.2) is 0 Å². The summed E-state index contributed by atoms with van der Waals surface area (Å²) in [7, 11) is 5.93. The van der Waals surface area contributed by atoms with Crippen molar-refractivity contribution in [3.05, 3.63) is 85.1 Å². The highest BCUT2D eigenvalue weighted by Crippen LogP contribution is 2.18. The second-order valence-electron chi connectivity index (χ2n) is 24.4. The van der Waals surface area contributed by atoms with Crippen molar-refractivity contribution >= 4 is 17.9 Å². The third kappa shape index (κ3) is 65.9. The maximum absolute atomic E-state index is 12.9. The Balaban J connectivity index is 3.96. The molecule has 0 radical (unpaired) electrons. The summed E-state index contributed by atoms with van der Waals surface area (Å²) < 4.78 is 22.8. The number of unbranched alkanes of at least 4 members (excludes halogenated alkanes) is 35. The van der Waals surface area contributed by atoms with Crippen LogP contribution in [0, 0.1) is 0 Å². The zero-order chi connectivity index (χ0) is 60.5. The molecular formula is C74H131NO8. The van der Waals surface area contributed by atoms with Crippen molar-refractivity contribution in [3.8, 4) is 0 Å². The molecule has 0 aliphatic rings. The normalized spacial score (nSPS) is 13.2. The molecule has 0 fully saturated rings. The van der Waals surface area contributed by atoms with Crippen LogP contribution in [0.25, 0.3) is 0 Å². The number of carboxylic acid groups (broad SMARTS) is 1. The van der Waals surface area contributed by atoms with Gasteiger partial charge in [-0.05, 0) is 89.9 Å². The quantitative estimate of drug-likeness (QED) is 0.0195. The van der Waals surface area contributed by atoms with E-state index in [0.29, 0.717) is 17.4 Å². The molecule has 0 aliphatic carbocycles. The van der Waals surface area contributed by atoms with E-state index >= 15 is 0 Å². The Labute approximate surface area is 512 Å². The van der Waals surface area contributed by atoms with E-state index in [0.717, 1.165) is 83.5 Å². The van der Waals surface area contributed by atoms with Gasteiger partial charge in [0.05, 0.1) is 40.3 Å². The summed E-state index contributed by atoms with van der Waals surface area (Å²) in [5, 5.41) is 11.8. The summed E-state index contributed by atoms with van der Waals surface area (Å²) in [6.45, 7) is 4.63. The van der Waals surface area contributed by atoms with E-state index in [-0.39, 0.29) is 38.6 Å². The summed E-state index contributed by atoms with van der Waals surface area (Å²) in [6, 6.07) is 0. The van der Waals surface area contributed by atoms with Crippen LogP contribution >= 0.6 is 0 Å². The van der Waals surface area contributed by atoms with Crippen LogP contribution in [-0.4, -0.2) is 82.3 Å². The van der Waals surface area contributed by atoms with E-state index in [9.17, 15) is 19.5 Å². The van der Waals surface area contributed by atoms with Gasteiger partial charge in [0.25, 0.3) is 0 Å². The zero-order valence-electron chi connectivity index (χ0n) is 54.8. The standard InChI is InChI=1S/C74H131NO8/c1-6-8-10-12-14-16-18-20-22-24-25-26-27-28-29-30-31-32-33-34-35-36-37-38-39-40-41-42-43-44-45-46-47-49-51-53-55-57-59-61-63-65-72(77)83-70(69-82-74(73(78)79)80-67-66-75(3,4)5)68-81-71(76)64-62-60-58-56-54-52-50-48-23-21-19-17-15-13-11-9-7-2/h8,10,14-17,20-23,25-26,28-29,70,74H,6-7,9,11-13,18-19,24,27,30-69H2,1-5H3/b10-8-,16-14-,17-15-,22-20-,23-21-,26-25-,29-28-. The zero-order valence-corrected chi connectivity index (χ0v) is 54.8. The molecule has 0 saturated heterocycles. The first-order valence-electron chi connectivity index (χ1n) is 34.7. The summed E-state index contributed by atoms with van der Waals surface area (Å²) >= 11 is 0. The molecule has 83 heavy (non-hydrogen) atoms. The molecule has 0 spiro atoms. The number of aliphatic carboxylic acids is 1. The fraction of sp³-hybridized carbons (Fsp3) is 0.770. The summed E-state index contributed by atoms with van der Waals surface area (Å²) in [4.78, 5) is 37.4. The number of hydrogen-bond donors (Lipinski definition) is 0. The largest absolute Gasteiger partial charge is 0.545 e. The molecule has 0 amide bonds. The first-order chi connectivity index (χ1) is 40.6. The number of carbonyl (C=O) groups is 3. The molecular weight excluding hydrogens is 1030 g/mol. The Morgan fingerprint density at radius 2 is 0.687 bits per heavy atom. The van der Waals surface area contributed by atoms with Gasteiger partial charge < -0.3 is 33.3 Å². The number of carbonyl (C=O) groups excluding carboxylic acids is 3. The van der Waals surface area contributed by atoms with Gasteiger partial charge in [-0.1, -0.05) is 292 Å². The van der Waals surface area contributed by atoms with Crippen molar-refractivity contribution in [3.63, 3.8) is 0 Å². The lowest BCUT2D eigenvalue weighted by atomic mass is 10.0. The Bertz CT molecular complexity index is 1640. The third-order valence-electron chi connectivity index (χ3n) is 15.1. The topological polar surface area (TPSA) is 111 Å². The monoisotopic (exact) mass is 1160 g/mol. The lowest BCUT2D eigenvalue weighted by molar-refractivity contribution is -0.870. The number of allylic oxidation sites excluding steroid dienone is 14. The number of hydrogen-bond acceptors (Lipinski definition) is 8. The average molecular weight is 1160 g/mol. The van der Waals surface area contributed by atoms with Crippen LogP contribution < -0.4 is 5.11 Å². The molecule has 0 aliphatic heterocycles. The predicted octanol–water partition coefficient (Wildman–Crippen LogP) is 20.1. The van der Waals surface area contributed by atoms with E-state index in [4.69, 9.17) is 18.9 Å². The third-order valence-corrected chi connectivity index (χ3v) is 15.1. The van der Waals surface area contributed by atoms with E-state index in [1.54, 1.807) is 0 Å². The van der Waals surface area contributed by atoms with Crippen molar-refractivity contribution < 1.29 is 42.9 Å². The van der Waals surface area contributed by atoms with Crippen LogP contribution in [0.4, 0.5) is 0 Å². The SMILES string of the molecule is CC/C=C\C/C=C\C/C=C\C/C=C\C/C=C\CCCCCCCCCCCCCCCCCCCCCCCCCCCC(=O)OC(COC(=O)CCCCCCCCC/C=C\C/C=C\CCCCC)COC(OCC[N+](C)(C)C)C(=O)[O-]. The van der Waals surface area contributed by atoms with Crippen LogP contribution in [0.15, 0.2) is 85.1 Å². The minimum Gasteiger partial charge on any atom is -0.545 e. The van der Waals surface area contributed by atoms with Crippen molar-refractivity contribution in [2.75, 3.05) is 47.5 Å². The number of carboxylic acids is 1. The highest BCUT2D eigenvalue weighted by atomic mass is 16.7. The highest BCUT2D eigenvalue weighted by Gasteiger charge is 2.22. The molecule has 0 aromatic heterocycles. The van der Waals surface area contributed by atoms with Crippen molar-refractivity contribution in [2.24, 2.45) is 0 Å². The smallest absolute Gasteiger partial charge is 0.306 e. The Morgan fingerprint density at radius 3 is 1.02 bits per heavy atom. The number of likely N-dealkylation sites (N-methyl/N-ethyl adjacent to an activating group) is 1. The minimum atomic E-state index is -1.62. The Morgan fingerprint density at radius 1 is 0.373 bits per heavy atom. The van der Waals surface area contributed by atoms with Gasteiger partial charge in [-0.2, -0.15) is 0 Å². The van der Waals surface area contributed by atoms with Gasteiger partial charge in [-0.15, -0.1) is 0 Å².